The number of amides is 1. The van der Waals surface area contributed by atoms with Gasteiger partial charge in [0.2, 0.25) is 5.95 Å². The van der Waals surface area contributed by atoms with E-state index in [9.17, 15) is 4.79 Å². The van der Waals surface area contributed by atoms with Crippen molar-refractivity contribution in [1.29, 1.82) is 0 Å². The second-order valence-electron chi connectivity index (χ2n) is 6.68. The molecule has 0 aliphatic rings. The molecule has 0 radical (unpaired) electrons. The molecule has 26 heavy (non-hydrogen) atoms. The van der Waals surface area contributed by atoms with Gasteiger partial charge in [-0.1, -0.05) is 26.0 Å². The quantitative estimate of drug-likeness (QED) is 0.721. The lowest BCUT2D eigenvalue weighted by atomic mass is 10.1. The number of nitrogens with zero attached hydrogens (tertiary/aromatic N) is 2. The van der Waals surface area contributed by atoms with Gasteiger partial charge in [0.15, 0.2) is 0 Å². The predicted molar refractivity (Wildman–Crippen MR) is 104 cm³/mol. The fraction of sp³-hybridized carbons (Fsp3) is 0.450. The summed E-state index contributed by atoms with van der Waals surface area (Å²) in [5.74, 6) is 1.71. The molecule has 0 saturated heterocycles. The van der Waals surface area contributed by atoms with Crippen molar-refractivity contribution in [3.8, 4) is 5.75 Å². The second-order valence-corrected chi connectivity index (χ2v) is 6.68. The largest absolute Gasteiger partial charge is 0.497 e. The Morgan fingerprint density at radius 2 is 2.00 bits per heavy atom. The molecule has 0 bridgehead atoms. The van der Waals surface area contributed by atoms with Crippen LogP contribution in [0.3, 0.4) is 0 Å². The van der Waals surface area contributed by atoms with Crippen LogP contribution in [-0.4, -0.2) is 36.1 Å². The number of aryl methyl sites for hydroxylation is 1. The minimum Gasteiger partial charge on any atom is -0.497 e. The lowest BCUT2D eigenvalue weighted by Crippen LogP contribution is -2.26. The number of ether oxygens (including phenoxy) is 1. The second kappa shape index (κ2) is 9.75. The number of hydrogen-bond acceptors (Lipinski definition) is 5. The van der Waals surface area contributed by atoms with Crippen molar-refractivity contribution in [1.82, 2.24) is 15.3 Å². The molecule has 0 saturated carbocycles. The van der Waals surface area contributed by atoms with Crippen LogP contribution in [0.1, 0.15) is 42.0 Å². The maximum atomic E-state index is 12.3. The maximum Gasteiger partial charge on any atom is 0.270 e. The monoisotopic (exact) mass is 356 g/mol. The molecule has 0 atom stereocenters. The Balaban J connectivity index is 1.92. The van der Waals surface area contributed by atoms with E-state index in [2.05, 4.69) is 40.5 Å². The summed E-state index contributed by atoms with van der Waals surface area (Å²) in [5, 5.41) is 6.11. The van der Waals surface area contributed by atoms with E-state index >= 15 is 0 Å². The summed E-state index contributed by atoms with van der Waals surface area (Å²) in [6.45, 7) is 7.44. The summed E-state index contributed by atoms with van der Waals surface area (Å²) in [4.78, 5) is 21.0. The van der Waals surface area contributed by atoms with Gasteiger partial charge in [-0.2, -0.15) is 0 Å². The summed E-state index contributed by atoms with van der Waals surface area (Å²) in [6, 6.07) is 9.65. The van der Waals surface area contributed by atoms with Crippen LogP contribution in [0.5, 0.6) is 5.75 Å². The third-order valence-corrected chi connectivity index (χ3v) is 3.93. The van der Waals surface area contributed by atoms with E-state index in [1.54, 1.807) is 13.2 Å². The first-order valence-electron chi connectivity index (χ1n) is 8.98. The Kier molecular flexibility index (Phi) is 7.38. The molecule has 2 rings (SSSR count). The molecular weight excluding hydrogens is 328 g/mol. The minimum atomic E-state index is -0.160. The first kappa shape index (κ1) is 19.7. The third kappa shape index (κ3) is 6.35. The van der Waals surface area contributed by atoms with Crippen molar-refractivity contribution in [3.63, 3.8) is 0 Å². The molecule has 0 aliphatic carbocycles. The van der Waals surface area contributed by atoms with Gasteiger partial charge in [-0.3, -0.25) is 4.79 Å². The van der Waals surface area contributed by atoms with Crippen LogP contribution in [0, 0.1) is 12.8 Å². The predicted octanol–water partition coefficient (Wildman–Crippen LogP) is 3.22. The number of hydrogen-bond donors (Lipinski definition) is 2. The van der Waals surface area contributed by atoms with Crippen molar-refractivity contribution < 1.29 is 9.53 Å². The SMILES string of the molecule is COc1cccc(CCNc2nc(C)cc(C(=O)NCCC(C)C)n2)c1. The van der Waals surface area contributed by atoms with Crippen LogP contribution < -0.4 is 15.4 Å². The average Bonchev–Trinajstić information content (AvgIpc) is 2.61. The molecule has 2 N–H and O–H groups in total. The van der Waals surface area contributed by atoms with Crippen LogP contribution >= 0.6 is 0 Å². The van der Waals surface area contributed by atoms with E-state index < -0.39 is 0 Å². The van der Waals surface area contributed by atoms with Gasteiger partial charge in [-0.05, 0) is 49.4 Å². The number of aromatic nitrogens is 2. The van der Waals surface area contributed by atoms with Gasteiger partial charge in [-0.25, -0.2) is 9.97 Å². The maximum absolute atomic E-state index is 12.3. The molecule has 1 aromatic carbocycles. The van der Waals surface area contributed by atoms with Gasteiger partial charge in [0.05, 0.1) is 7.11 Å². The molecule has 0 spiro atoms. The fourth-order valence-corrected chi connectivity index (χ4v) is 2.48. The number of benzene rings is 1. The smallest absolute Gasteiger partial charge is 0.270 e. The zero-order valence-electron chi connectivity index (χ0n) is 16.0. The van der Waals surface area contributed by atoms with Gasteiger partial charge in [0.25, 0.3) is 5.91 Å². The molecule has 6 nitrogen and oxygen atoms in total. The number of methoxy groups -OCH3 is 1. The number of nitrogens with one attached hydrogen (secondary N) is 2. The lowest BCUT2D eigenvalue weighted by Gasteiger charge is -2.10. The van der Waals surface area contributed by atoms with Crippen molar-refractivity contribution in [2.24, 2.45) is 5.92 Å². The Labute approximate surface area is 155 Å². The summed E-state index contributed by atoms with van der Waals surface area (Å²) >= 11 is 0. The standard InChI is InChI=1S/C20H28N4O2/c1-14(2)8-10-21-19(25)18-12-15(3)23-20(24-18)22-11-9-16-6-5-7-17(13-16)26-4/h5-7,12-14H,8-11H2,1-4H3,(H,21,25)(H,22,23,24). The zero-order chi connectivity index (χ0) is 18.9. The Bertz CT molecular complexity index is 732. The summed E-state index contributed by atoms with van der Waals surface area (Å²) in [7, 11) is 1.66. The summed E-state index contributed by atoms with van der Waals surface area (Å²) in [5.41, 5.74) is 2.32. The third-order valence-electron chi connectivity index (χ3n) is 3.93. The van der Waals surface area contributed by atoms with E-state index in [0.29, 0.717) is 30.6 Å². The van der Waals surface area contributed by atoms with Gasteiger partial charge < -0.3 is 15.4 Å². The number of rotatable bonds is 9. The molecule has 6 heteroatoms. The first-order chi connectivity index (χ1) is 12.5. The van der Waals surface area contributed by atoms with Crippen molar-refractivity contribution >= 4 is 11.9 Å². The van der Waals surface area contributed by atoms with Crippen LogP contribution in [0.4, 0.5) is 5.95 Å². The van der Waals surface area contributed by atoms with Gasteiger partial charge >= 0.3 is 0 Å². The number of anilines is 1. The van der Waals surface area contributed by atoms with Crippen molar-refractivity contribution in [3.05, 3.63) is 47.3 Å². The molecular formula is C20H28N4O2. The Morgan fingerprint density at radius 3 is 2.73 bits per heavy atom. The average molecular weight is 356 g/mol. The van der Waals surface area contributed by atoms with Crippen LogP contribution in [0.15, 0.2) is 30.3 Å². The van der Waals surface area contributed by atoms with Gasteiger partial charge in [-0.15, -0.1) is 0 Å². The Morgan fingerprint density at radius 1 is 1.19 bits per heavy atom. The van der Waals surface area contributed by atoms with Gasteiger partial charge in [0.1, 0.15) is 11.4 Å². The van der Waals surface area contributed by atoms with E-state index in [1.165, 1.54) is 0 Å². The minimum absolute atomic E-state index is 0.160. The van der Waals surface area contributed by atoms with E-state index in [1.807, 2.05) is 25.1 Å². The highest BCUT2D eigenvalue weighted by atomic mass is 16.5. The van der Waals surface area contributed by atoms with Crippen molar-refractivity contribution in [2.75, 3.05) is 25.5 Å². The molecule has 0 unspecified atom stereocenters. The lowest BCUT2D eigenvalue weighted by molar-refractivity contribution is 0.0947. The van der Waals surface area contributed by atoms with E-state index in [4.69, 9.17) is 4.74 Å². The highest BCUT2D eigenvalue weighted by Crippen LogP contribution is 2.13. The van der Waals surface area contributed by atoms with Gasteiger partial charge in [0, 0.05) is 18.8 Å². The molecule has 0 fully saturated rings. The molecule has 1 heterocycles. The van der Waals surface area contributed by atoms with Crippen LogP contribution in [0.2, 0.25) is 0 Å². The fourth-order valence-electron chi connectivity index (χ4n) is 2.48. The number of carbonyl (C=O) groups excluding carboxylic acids is 1. The highest BCUT2D eigenvalue weighted by Gasteiger charge is 2.10. The molecule has 140 valence electrons. The topological polar surface area (TPSA) is 76.1 Å². The highest BCUT2D eigenvalue weighted by molar-refractivity contribution is 5.92. The van der Waals surface area contributed by atoms with E-state index in [-0.39, 0.29) is 5.91 Å². The molecule has 2 aromatic rings. The zero-order valence-corrected chi connectivity index (χ0v) is 16.0. The summed E-state index contributed by atoms with van der Waals surface area (Å²) in [6.07, 6.45) is 1.76. The molecule has 1 aromatic heterocycles. The normalized spacial score (nSPS) is 10.7. The molecule has 1 amide bonds. The molecule has 0 aliphatic heterocycles. The summed E-state index contributed by atoms with van der Waals surface area (Å²) < 4.78 is 5.23. The van der Waals surface area contributed by atoms with Crippen molar-refractivity contribution in [2.45, 2.75) is 33.6 Å². The first-order valence-corrected chi connectivity index (χ1v) is 8.98. The van der Waals surface area contributed by atoms with Crippen LogP contribution in [0.25, 0.3) is 0 Å². The van der Waals surface area contributed by atoms with E-state index in [0.717, 1.165) is 29.8 Å². The Hall–Kier alpha value is -2.63. The number of carbonyl (C=O) groups is 1. The van der Waals surface area contributed by atoms with Crippen LogP contribution in [-0.2, 0) is 6.42 Å².